The smallest absolute Gasteiger partial charge is 0.311 e. The summed E-state index contributed by atoms with van der Waals surface area (Å²) in [4.78, 5) is 10.1. The predicted octanol–water partition coefficient (Wildman–Crippen LogP) is 1.20. The number of hydrogen-bond acceptors (Lipinski definition) is 2. The molecule has 0 fully saturated rings. The fourth-order valence-electron chi connectivity index (χ4n) is 0.326. The maximum Gasteiger partial charge on any atom is 0.311 e. The topological polar surface area (TPSA) is 26.3 Å². The molecule has 9 heavy (non-hydrogen) atoms. The molecule has 0 bridgehead atoms. The summed E-state index contributed by atoms with van der Waals surface area (Å²) < 4.78 is 27.7. The van der Waals surface area contributed by atoms with E-state index in [0.717, 1.165) is 7.11 Å². The summed E-state index contributed by atoms with van der Waals surface area (Å²) in [6.45, 7) is 0.671. The first-order chi connectivity index (χ1) is 3.95. The lowest BCUT2D eigenvalue weighted by Crippen LogP contribution is -2.17. The van der Waals surface area contributed by atoms with Gasteiger partial charge in [0, 0.05) is 0 Å². The van der Waals surface area contributed by atoms with E-state index in [1.54, 1.807) is 0 Å². The van der Waals surface area contributed by atoms with E-state index in [4.69, 9.17) is 0 Å². The highest BCUT2D eigenvalue weighted by Gasteiger charge is 2.25. The van der Waals surface area contributed by atoms with Gasteiger partial charge in [0.2, 0.25) is 0 Å². The summed E-state index contributed by atoms with van der Waals surface area (Å²) in [5, 5.41) is 0. The van der Waals surface area contributed by atoms with Crippen LogP contribution in [0.1, 0.15) is 13.3 Å². The quantitative estimate of drug-likeness (QED) is 0.536. The lowest BCUT2D eigenvalue weighted by molar-refractivity contribution is -0.147. The first kappa shape index (κ1) is 8.33. The van der Waals surface area contributed by atoms with E-state index in [9.17, 15) is 13.6 Å². The summed E-state index contributed by atoms with van der Waals surface area (Å²) in [6, 6.07) is 0. The van der Waals surface area contributed by atoms with E-state index in [1.165, 1.54) is 0 Å². The zero-order valence-corrected chi connectivity index (χ0v) is 5.28. The Labute approximate surface area is 51.8 Å². The van der Waals surface area contributed by atoms with Crippen LogP contribution in [0, 0.1) is 0 Å². The number of carbonyl (C=O) groups is 1. The Kier molecular flexibility index (Phi) is 2.55. The molecule has 0 aliphatic rings. The monoisotopic (exact) mass is 138 g/mol. The van der Waals surface area contributed by atoms with Gasteiger partial charge < -0.3 is 4.74 Å². The molecule has 0 amide bonds. The van der Waals surface area contributed by atoms with Crippen molar-refractivity contribution in [2.75, 3.05) is 7.11 Å². The van der Waals surface area contributed by atoms with E-state index >= 15 is 0 Å². The van der Waals surface area contributed by atoms with Crippen LogP contribution in [0.3, 0.4) is 0 Å². The van der Waals surface area contributed by atoms with Crippen molar-refractivity contribution in [1.82, 2.24) is 0 Å². The number of esters is 1. The van der Waals surface area contributed by atoms with Crippen molar-refractivity contribution < 1.29 is 18.3 Å². The Morgan fingerprint density at radius 1 is 1.67 bits per heavy atom. The van der Waals surface area contributed by atoms with Crippen molar-refractivity contribution in [1.29, 1.82) is 0 Å². The first-order valence-corrected chi connectivity index (χ1v) is 2.40. The molecule has 0 aromatic rings. The minimum absolute atomic E-state index is 0.671. The molecule has 0 unspecified atom stereocenters. The molecule has 0 saturated heterocycles. The lowest BCUT2D eigenvalue weighted by Gasteiger charge is -2.06. The molecule has 0 aromatic heterocycles. The molecule has 0 spiro atoms. The molecule has 0 N–H and O–H groups in total. The summed E-state index contributed by atoms with van der Waals surface area (Å²) in [7, 11) is 1.08. The maximum atomic E-state index is 11.9. The van der Waals surface area contributed by atoms with Crippen molar-refractivity contribution in [3.05, 3.63) is 0 Å². The number of halogens is 2. The third kappa shape index (κ3) is 5.20. The fourth-order valence-corrected chi connectivity index (χ4v) is 0.326. The number of rotatable bonds is 2. The van der Waals surface area contributed by atoms with E-state index in [-0.39, 0.29) is 0 Å². The van der Waals surface area contributed by atoms with Crippen LogP contribution in [-0.4, -0.2) is 19.0 Å². The van der Waals surface area contributed by atoms with Crippen LogP contribution in [0.5, 0.6) is 0 Å². The number of hydrogen-bond donors (Lipinski definition) is 0. The van der Waals surface area contributed by atoms with Crippen LogP contribution < -0.4 is 0 Å². The average molecular weight is 138 g/mol. The van der Waals surface area contributed by atoms with Gasteiger partial charge in [-0.25, -0.2) is 8.78 Å². The Bertz CT molecular complexity index is 106. The fraction of sp³-hybridized carbons (Fsp3) is 0.800. The summed E-state index contributed by atoms with van der Waals surface area (Å²) in [5.74, 6) is -3.84. The van der Waals surface area contributed by atoms with Gasteiger partial charge in [0.15, 0.2) is 0 Å². The second-order valence-electron chi connectivity index (χ2n) is 1.82. The van der Waals surface area contributed by atoms with Crippen molar-refractivity contribution in [3.8, 4) is 0 Å². The SMILES string of the molecule is COC(=O)CC(C)(F)F. The molecule has 0 aromatic carbocycles. The molecule has 0 rings (SSSR count). The van der Waals surface area contributed by atoms with Gasteiger partial charge in [0.1, 0.15) is 6.42 Å². The molecule has 0 heterocycles. The Balaban J connectivity index is 3.60. The van der Waals surface area contributed by atoms with Crippen LogP contribution in [0.2, 0.25) is 0 Å². The zero-order valence-electron chi connectivity index (χ0n) is 5.28. The third-order valence-electron chi connectivity index (χ3n) is 0.682. The highest BCUT2D eigenvalue weighted by molar-refractivity contribution is 5.70. The zero-order chi connectivity index (χ0) is 7.49. The van der Waals surface area contributed by atoms with Gasteiger partial charge in [-0.2, -0.15) is 0 Å². The van der Waals surface area contributed by atoms with E-state index in [1.807, 2.05) is 0 Å². The van der Waals surface area contributed by atoms with E-state index in [2.05, 4.69) is 4.74 Å². The lowest BCUT2D eigenvalue weighted by atomic mass is 10.3. The standard InChI is InChI=1S/C5H8F2O2/c1-5(6,7)3-4(8)9-2/h3H2,1-2H3. The van der Waals surface area contributed by atoms with Gasteiger partial charge in [-0.3, -0.25) is 4.79 Å². The molecular weight excluding hydrogens is 130 g/mol. The second kappa shape index (κ2) is 2.75. The van der Waals surface area contributed by atoms with Gasteiger partial charge in [-0.15, -0.1) is 0 Å². The molecule has 0 aliphatic heterocycles. The van der Waals surface area contributed by atoms with Gasteiger partial charge in [0.05, 0.1) is 7.11 Å². The number of carbonyl (C=O) groups excluding carboxylic acids is 1. The second-order valence-corrected chi connectivity index (χ2v) is 1.82. The first-order valence-electron chi connectivity index (χ1n) is 2.40. The molecule has 0 atom stereocenters. The Morgan fingerprint density at radius 3 is 2.22 bits per heavy atom. The van der Waals surface area contributed by atoms with Gasteiger partial charge >= 0.3 is 5.97 Å². The number of alkyl halides is 2. The minimum Gasteiger partial charge on any atom is -0.469 e. The summed E-state index contributed by atoms with van der Waals surface area (Å²) >= 11 is 0. The third-order valence-corrected chi connectivity index (χ3v) is 0.682. The average Bonchev–Trinajstić information content (AvgIpc) is 1.62. The Morgan fingerprint density at radius 2 is 2.11 bits per heavy atom. The van der Waals surface area contributed by atoms with E-state index < -0.39 is 18.3 Å². The van der Waals surface area contributed by atoms with Crippen molar-refractivity contribution in [2.24, 2.45) is 0 Å². The highest BCUT2D eigenvalue weighted by atomic mass is 19.3. The number of methoxy groups -OCH3 is 1. The van der Waals surface area contributed by atoms with Crippen LogP contribution in [0.4, 0.5) is 8.78 Å². The van der Waals surface area contributed by atoms with E-state index in [0.29, 0.717) is 6.92 Å². The number of ether oxygens (including phenoxy) is 1. The molecule has 54 valence electrons. The van der Waals surface area contributed by atoms with Crippen molar-refractivity contribution in [3.63, 3.8) is 0 Å². The Hall–Kier alpha value is -0.670. The summed E-state index contributed by atoms with van der Waals surface area (Å²) in [5.41, 5.74) is 0. The molecule has 0 aliphatic carbocycles. The van der Waals surface area contributed by atoms with Crippen molar-refractivity contribution >= 4 is 5.97 Å². The van der Waals surface area contributed by atoms with Gasteiger partial charge in [-0.05, 0) is 6.92 Å². The van der Waals surface area contributed by atoms with Crippen molar-refractivity contribution in [2.45, 2.75) is 19.3 Å². The van der Waals surface area contributed by atoms with Gasteiger partial charge in [-0.1, -0.05) is 0 Å². The van der Waals surface area contributed by atoms with Crippen LogP contribution in [-0.2, 0) is 9.53 Å². The molecular formula is C5H8F2O2. The highest BCUT2D eigenvalue weighted by Crippen LogP contribution is 2.16. The maximum absolute atomic E-state index is 11.9. The molecule has 0 radical (unpaired) electrons. The van der Waals surface area contributed by atoms with Crippen LogP contribution >= 0.6 is 0 Å². The summed E-state index contributed by atoms with van der Waals surface area (Å²) in [6.07, 6.45) is -0.844. The van der Waals surface area contributed by atoms with Crippen LogP contribution in [0.15, 0.2) is 0 Å². The largest absolute Gasteiger partial charge is 0.469 e. The molecule has 2 nitrogen and oxygen atoms in total. The minimum atomic E-state index is -2.95. The normalized spacial score (nSPS) is 11.1. The molecule has 4 heteroatoms. The predicted molar refractivity (Wildman–Crippen MR) is 27.3 cm³/mol. The van der Waals surface area contributed by atoms with Crippen LogP contribution in [0.25, 0.3) is 0 Å². The van der Waals surface area contributed by atoms with Gasteiger partial charge in [0.25, 0.3) is 5.92 Å². The molecule has 0 saturated carbocycles.